The van der Waals surface area contributed by atoms with E-state index in [-0.39, 0.29) is 5.91 Å². The molecule has 0 aliphatic carbocycles. The SMILES string of the molecule is CN(CC(=O)N1CCN(Cc2cccs2)CC1)Cc1ccccc1N1CCOCC1. The molecule has 7 heteroatoms. The molecule has 0 saturated carbocycles. The molecule has 2 aliphatic heterocycles. The monoisotopic (exact) mass is 428 g/mol. The first-order chi connectivity index (χ1) is 14.7. The minimum absolute atomic E-state index is 0.233. The number of nitrogens with zero attached hydrogens (tertiary/aromatic N) is 4. The molecule has 2 fully saturated rings. The van der Waals surface area contributed by atoms with Gasteiger partial charge in [0.1, 0.15) is 0 Å². The summed E-state index contributed by atoms with van der Waals surface area (Å²) in [6, 6.07) is 12.8. The smallest absolute Gasteiger partial charge is 0.236 e. The van der Waals surface area contributed by atoms with Crippen molar-refractivity contribution in [2.45, 2.75) is 13.1 Å². The predicted octanol–water partition coefficient (Wildman–Crippen LogP) is 2.36. The van der Waals surface area contributed by atoms with Crippen molar-refractivity contribution in [2.24, 2.45) is 0 Å². The molecule has 0 bridgehead atoms. The number of ether oxygens (including phenoxy) is 1. The van der Waals surface area contributed by atoms with Crippen LogP contribution in [-0.4, -0.2) is 86.7 Å². The highest BCUT2D eigenvalue weighted by molar-refractivity contribution is 7.09. The number of anilines is 1. The van der Waals surface area contributed by atoms with Gasteiger partial charge in [-0.05, 0) is 30.1 Å². The van der Waals surface area contributed by atoms with Gasteiger partial charge in [0.2, 0.25) is 5.91 Å². The minimum Gasteiger partial charge on any atom is -0.378 e. The molecule has 6 nitrogen and oxygen atoms in total. The van der Waals surface area contributed by atoms with Crippen LogP contribution in [0.1, 0.15) is 10.4 Å². The van der Waals surface area contributed by atoms with Crippen molar-refractivity contribution in [1.82, 2.24) is 14.7 Å². The Bertz CT molecular complexity index is 799. The van der Waals surface area contributed by atoms with Gasteiger partial charge in [0.15, 0.2) is 0 Å². The molecule has 0 radical (unpaired) electrons. The van der Waals surface area contributed by atoms with E-state index < -0.39 is 0 Å². The van der Waals surface area contributed by atoms with E-state index in [2.05, 4.69) is 56.5 Å². The molecule has 0 unspecified atom stereocenters. The second-order valence-corrected chi connectivity index (χ2v) is 9.17. The molecule has 1 aromatic heterocycles. The van der Waals surface area contributed by atoms with Crippen LogP contribution < -0.4 is 4.90 Å². The number of likely N-dealkylation sites (N-methyl/N-ethyl adjacent to an activating group) is 1. The Morgan fingerprint density at radius 3 is 2.53 bits per heavy atom. The third kappa shape index (κ3) is 5.60. The molecule has 2 aliphatic rings. The first kappa shape index (κ1) is 21.3. The van der Waals surface area contributed by atoms with Crippen molar-refractivity contribution in [2.75, 3.05) is 71.0 Å². The van der Waals surface area contributed by atoms with Gasteiger partial charge >= 0.3 is 0 Å². The van der Waals surface area contributed by atoms with E-state index in [1.54, 1.807) is 11.3 Å². The Balaban J connectivity index is 1.26. The van der Waals surface area contributed by atoms with Gasteiger partial charge in [-0.2, -0.15) is 0 Å². The van der Waals surface area contributed by atoms with Crippen LogP contribution in [0.4, 0.5) is 5.69 Å². The summed E-state index contributed by atoms with van der Waals surface area (Å²) < 4.78 is 5.49. The van der Waals surface area contributed by atoms with Crippen LogP contribution in [0.25, 0.3) is 0 Å². The third-order valence-corrected chi connectivity index (χ3v) is 6.73. The van der Waals surface area contributed by atoms with Gasteiger partial charge in [-0.3, -0.25) is 14.6 Å². The number of para-hydroxylation sites is 1. The standard InChI is InChI=1S/C23H32N4O2S/c1-24(17-20-5-2-3-7-22(20)26-12-14-29-15-13-26)19-23(28)27-10-8-25(9-11-27)18-21-6-4-16-30-21/h2-7,16H,8-15,17-19H2,1H3. The van der Waals surface area contributed by atoms with Crippen molar-refractivity contribution in [3.05, 3.63) is 52.2 Å². The largest absolute Gasteiger partial charge is 0.378 e. The number of thiophene rings is 1. The summed E-state index contributed by atoms with van der Waals surface area (Å²) >= 11 is 1.81. The fourth-order valence-corrected chi connectivity index (χ4v) is 4.96. The lowest BCUT2D eigenvalue weighted by Gasteiger charge is -2.35. The summed E-state index contributed by atoms with van der Waals surface area (Å²) in [7, 11) is 2.04. The maximum Gasteiger partial charge on any atom is 0.236 e. The number of hydrogen-bond acceptors (Lipinski definition) is 6. The molecule has 0 N–H and O–H groups in total. The summed E-state index contributed by atoms with van der Waals surface area (Å²) in [6.07, 6.45) is 0. The topological polar surface area (TPSA) is 39.3 Å². The molecule has 30 heavy (non-hydrogen) atoms. The normalized spacial score (nSPS) is 18.2. The molecule has 1 amide bonds. The van der Waals surface area contributed by atoms with Crippen molar-refractivity contribution in [3.63, 3.8) is 0 Å². The van der Waals surface area contributed by atoms with E-state index in [0.29, 0.717) is 6.54 Å². The van der Waals surface area contributed by atoms with E-state index in [1.165, 1.54) is 16.1 Å². The maximum absolute atomic E-state index is 12.8. The van der Waals surface area contributed by atoms with Gasteiger partial charge < -0.3 is 14.5 Å². The van der Waals surface area contributed by atoms with E-state index in [9.17, 15) is 4.79 Å². The fourth-order valence-electron chi connectivity index (χ4n) is 4.21. The first-order valence-electron chi connectivity index (χ1n) is 10.8. The number of carbonyl (C=O) groups is 1. The van der Waals surface area contributed by atoms with E-state index >= 15 is 0 Å². The van der Waals surface area contributed by atoms with Gasteiger partial charge in [-0.25, -0.2) is 0 Å². The lowest BCUT2D eigenvalue weighted by molar-refractivity contribution is -0.134. The molecule has 162 valence electrons. The number of hydrogen-bond donors (Lipinski definition) is 0. The zero-order chi connectivity index (χ0) is 20.8. The van der Waals surface area contributed by atoms with Crippen molar-refractivity contribution in [1.29, 1.82) is 0 Å². The Morgan fingerprint density at radius 2 is 1.80 bits per heavy atom. The highest BCUT2D eigenvalue weighted by atomic mass is 32.1. The van der Waals surface area contributed by atoms with Gasteiger partial charge in [-0.1, -0.05) is 24.3 Å². The van der Waals surface area contributed by atoms with Crippen molar-refractivity contribution in [3.8, 4) is 0 Å². The van der Waals surface area contributed by atoms with Gasteiger partial charge in [0.05, 0.1) is 19.8 Å². The van der Waals surface area contributed by atoms with Gasteiger partial charge in [0.25, 0.3) is 0 Å². The lowest BCUT2D eigenvalue weighted by atomic mass is 10.1. The minimum atomic E-state index is 0.233. The van der Waals surface area contributed by atoms with E-state index in [4.69, 9.17) is 4.74 Å². The third-order valence-electron chi connectivity index (χ3n) is 5.87. The van der Waals surface area contributed by atoms with Crippen LogP contribution in [0, 0.1) is 0 Å². The number of amides is 1. The Labute approximate surface area is 183 Å². The second kappa shape index (κ2) is 10.4. The summed E-state index contributed by atoms with van der Waals surface area (Å²) in [4.78, 5) is 23.2. The number of morpholine rings is 1. The van der Waals surface area contributed by atoms with Crippen LogP contribution in [0.2, 0.25) is 0 Å². The quantitative estimate of drug-likeness (QED) is 0.677. The number of rotatable bonds is 7. The van der Waals surface area contributed by atoms with E-state index in [1.807, 2.05) is 11.9 Å². The average molecular weight is 429 g/mol. The van der Waals surface area contributed by atoms with Gasteiger partial charge in [0, 0.05) is 62.9 Å². The molecular formula is C23H32N4O2S. The van der Waals surface area contributed by atoms with Crippen LogP contribution >= 0.6 is 11.3 Å². The summed E-state index contributed by atoms with van der Waals surface area (Å²) in [5, 5.41) is 2.13. The molecular weight excluding hydrogens is 396 g/mol. The fraction of sp³-hybridized carbons (Fsp3) is 0.522. The van der Waals surface area contributed by atoms with Crippen molar-refractivity contribution < 1.29 is 9.53 Å². The lowest BCUT2D eigenvalue weighted by Crippen LogP contribution is -2.50. The Hall–Kier alpha value is -1.93. The molecule has 1 aromatic carbocycles. The Kier molecular flexibility index (Phi) is 7.38. The average Bonchev–Trinajstić information content (AvgIpc) is 3.28. The van der Waals surface area contributed by atoms with Crippen LogP contribution in [-0.2, 0) is 22.6 Å². The van der Waals surface area contributed by atoms with Crippen LogP contribution in [0.15, 0.2) is 41.8 Å². The zero-order valence-electron chi connectivity index (χ0n) is 17.8. The molecule has 0 atom stereocenters. The molecule has 0 spiro atoms. The molecule has 2 aromatic rings. The highest BCUT2D eigenvalue weighted by Gasteiger charge is 2.23. The van der Waals surface area contributed by atoms with Crippen LogP contribution in [0.5, 0.6) is 0 Å². The molecule has 4 rings (SSSR count). The summed E-state index contributed by atoms with van der Waals surface area (Å²) in [5.41, 5.74) is 2.54. The number of piperazine rings is 1. The highest BCUT2D eigenvalue weighted by Crippen LogP contribution is 2.22. The maximum atomic E-state index is 12.8. The molecule has 2 saturated heterocycles. The summed E-state index contributed by atoms with van der Waals surface area (Å²) in [5.74, 6) is 0.233. The van der Waals surface area contributed by atoms with E-state index in [0.717, 1.165) is 65.6 Å². The van der Waals surface area contributed by atoms with Crippen LogP contribution in [0.3, 0.4) is 0 Å². The predicted molar refractivity (Wildman–Crippen MR) is 122 cm³/mol. The summed E-state index contributed by atoms with van der Waals surface area (Å²) in [6.45, 7) is 9.19. The Morgan fingerprint density at radius 1 is 1.03 bits per heavy atom. The number of carbonyl (C=O) groups excluding carboxylic acids is 1. The first-order valence-corrected chi connectivity index (χ1v) is 11.7. The molecule has 3 heterocycles. The zero-order valence-corrected chi connectivity index (χ0v) is 18.6. The second-order valence-electron chi connectivity index (χ2n) is 8.14. The van der Waals surface area contributed by atoms with Crippen molar-refractivity contribution >= 4 is 22.9 Å². The van der Waals surface area contributed by atoms with Gasteiger partial charge in [-0.15, -0.1) is 11.3 Å². The number of benzene rings is 1.